The summed E-state index contributed by atoms with van der Waals surface area (Å²) in [6.45, 7) is 3.72. The van der Waals surface area contributed by atoms with Gasteiger partial charge in [0.15, 0.2) is 0 Å². The molecule has 0 spiro atoms. The van der Waals surface area contributed by atoms with Crippen LogP contribution in [0.25, 0.3) is 5.70 Å². The van der Waals surface area contributed by atoms with Gasteiger partial charge < -0.3 is 4.74 Å². The molecular weight excluding hydrogens is 362 g/mol. The minimum atomic E-state index is -3.85. The van der Waals surface area contributed by atoms with Crippen LogP contribution in [0.4, 0.5) is 0 Å². The number of aryl methyl sites for hydroxylation is 1. The molecule has 0 atom stereocenters. The van der Waals surface area contributed by atoms with E-state index in [1.54, 1.807) is 43.3 Å². The molecule has 0 unspecified atom stereocenters. The molecule has 2 aromatic carbocycles. The van der Waals surface area contributed by atoms with Crippen LogP contribution in [0, 0.1) is 6.92 Å². The Morgan fingerprint density at radius 3 is 2.28 bits per heavy atom. The molecule has 0 aliphatic carbocycles. The van der Waals surface area contributed by atoms with Crippen LogP contribution in [0.1, 0.15) is 18.1 Å². The van der Waals surface area contributed by atoms with Gasteiger partial charge in [0, 0.05) is 11.1 Å². The van der Waals surface area contributed by atoms with E-state index in [0.29, 0.717) is 10.6 Å². The van der Waals surface area contributed by atoms with E-state index in [4.69, 9.17) is 16.3 Å². The molecule has 2 aromatic rings. The molecule has 0 radical (unpaired) electrons. The third-order valence-corrected chi connectivity index (χ3v) is 4.91. The molecule has 25 heavy (non-hydrogen) atoms. The average Bonchev–Trinajstić information content (AvgIpc) is 2.55. The summed E-state index contributed by atoms with van der Waals surface area (Å²) in [6.07, 6.45) is 1.11. The lowest BCUT2D eigenvalue weighted by molar-refractivity contribution is -0.137. The van der Waals surface area contributed by atoms with Crippen molar-refractivity contribution in [1.82, 2.24) is 4.72 Å². The second-order valence-electron chi connectivity index (χ2n) is 5.24. The van der Waals surface area contributed by atoms with Crippen molar-refractivity contribution in [3.63, 3.8) is 0 Å². The van der Waals surface area contributed by atoms with Gasteiger partial charge in [-0.05, 0) is 43.7 Å². The fourth-order valence-corrected chi connectivity index (χ4v) is 3.23. The molecule has 0 aliphatic heterocycles. The highest BCUT2D eigenvalue weighted by molar-refractivity contribution is 7.89. The Hall–Kier alpha value is -2.31. The van der Waals surface area contributed by atoms with Gasteiger partial charge in [-0.2, -0.15) is 0 Å². The molecule has 0 heterocycles. The number of esters is 1. The van der Waals surface area contributed by atoms with Crippen LogP contribution in [0.3, 0.4) is 0 Å². The number of nitrogens with one attached hydrogen (secondary N) is 1. The number of sulfonamides is 1. The summed E-state index contributed by atoms with van der Waals surface area (Å²) in [5, 5.41) is 0.501. The highest BCUT2D eigenvalue weighted by Crippen LogP contribution is 2.19. The molecule has 0 aromatic heterocycles. The van der Waals surface area contributed by atoms with Crippen molar-refractivity contribution < 1.29 is 17.9 Å². The van der Waals surface area contributed by atoms with Gasteiger partial charge in [-0.3, -0.25) is 4.72 Å². The number of halogens is 1. The third kappa shape index (κ3) is 5.34. The number of carbonyl (C=O) groups excluding carboxylic acids is 1. The minimum Gasteiger partial charge on any atom is -0.463 e. The van der Waals surface area contributed by atoms with Crippen molar-refractivity contribution in [2.45, 2.75) is 18.7 Å². The van der Waals surface area contributed by atoms with Crippen molar-refractivity contribution in [1.29, 1.82) is 0 Å². The summed E-state index contributed by atoms with van der Waals surface area (Å²) < 4.78 is 32.5. The Morgan fingerprint density at radius 2 is 1.72 bits per heavy atom. The summed E-state index contributed by atoms with van der Waals surface area (Å²) in [5.74, 6) is -0.640. The molecule has 132 valence electrons. The maximum absolute atomic E-state index is 12.6. The van der Waals surface area contributed by atoms with Gasteiger partial charge in [-0.15, -0.1) is 0 Å². The first-order valence-electron chi connectivity index (χ1n) is 7.55. The van der Waals surface area contributed by atoms with E-state index in [1.807, 2.05) is 6.92 Å². The smallest absolute Gasteiger partial charge is 0.332 e. The van der Waals surface area contributed by atoms with E-state index in [1.165, 1.54) is 12.1 Å². The molecule has 0 bridgehead atoms. The van der Waals surface area contributed by atoms with E-state index < -0.39 is 16.0 Å². The van der Waals surface area contributed by atoms with Gasteiger partial charge in [0.2, 0.25) is 0 Å². The van der Waals surface area contributed by atoms with Crippen molar-refractivity contribution >= 4 is 33.3 Å². The fraction of sp³-hybridized carbons (Fsp3) is 0.167. The molecular formula is C18H18ClNO4S. The van der Waals surface area contributed by atoms with Crippen molar-refractivity contribution in [3.05, 3.63) is 70.8 Å². The Balaban J connectivity index is 2.40. The first-order valence-corrected chi connectivity index (χ1v) is 9.42. The zero-order chi connectivity index (χ0) is 18.4. The summed E-state index contributed by atoms with van der Waals surface area (Å²) in [7, 11) is -3.85. The summed E-state index contributed by atoms with van der Waals surface area (Å²) in [5.41, 5.74) is 1.54. The predicted molar refractivity (Wildman–Crippen MR) is 97.6 cm³/mol. The van der Waals surface area contributed by atoms with Crippen LogP contribution in [0.2, 0.25) is 5.02 Å². The van der Waals surface area contributed by atoms with Gasteiger partial charge in [-0.1, -0.05) is 41.4 Å². The quantitative estimate of drug-likeness (QED) is 0.615. The van der Waals surface area contributed by atoms with E-state index in [-0.39, 0.29) is 17.2 Å². The monoisotopic (exact) mass is 379 g/mol. The molecule has 7 heteroatoms. The van der Waals surface area contributed by atoms with E-state index >= 15 is 0 Å². The third-order valence-electron chi connectivity index (χ3n) is 3.28. The SMILES string of the molecule is CCOC(=O)/C=C(\NS(=O)(=O)c1ccc(C)cc1)c1ccc(Cl)cc1. The maximum atomic E-state index is 12.6. The number of hydrogen-bond donors (Lipinski definition) is 1. The van der Waals surface area contributed by atoms with Crippen LogP contribution in [-0.2, 0) is 19.6 Å². The van der Waals surface area contributed by atoms with Gasteiger partial charge in [0.05, 0.1) is 17.2 Å². The van der Waals surface area contributed by atoms with Crippen LogP contribution in [0.5, 0.6) is 0 Å². The predicted octanol–water partition coefficient (Wildman–Crippen LogP) is 3.53. The van der Waals surface area contributed by atoms with E-state index in [2.05, 4.69) is 4.72 Å². The number of ether oxygens (including phenoxy) is 1. The summed E-state index contributed by atoms with van der Waals surface area (Å²) in [4.78, 5) is 11.9. The topological polar surface area (TPSA) is 72.5 Å². The van der Waals surface area contributed by atoms with Crippen molar-refractivity contribution in [2.75, 3.05) is 6.61 Å². The standard InChI is InChI=1S/C18H18ClNO4S/c1-3-24-18(21)12-17(14-6-8-15(19)9-7-14)20-25(22,23)16-10-4-13(2)5-11-16/h4-12,20H,3H2,1-2H3/b17-12-. The summed E-state index contributed by atoms with van der Waals surface area (Å²) >= 11 is 5.87. The number of hydrogen-bond acceptors (Lipinski definition) is 4. The molecule has 0 saturated carbocycles. The van der Waals surface area contributed by atoms with Crippen LogP contribution in [0.15, 0.2) is 59.5 Å². The molecule has 5 nitrogen and oxygen atoms in total. The minimum absolute atomic E-state index is 0.0989. The first kappa shape index (κ1) is 19.0. The number of carbonyl (C=O) groups is 1. The fourth-order valence-electron chi connectivity index (χ4n) is 2.02. The van der Waals surface area contributed by atoms with Crippen molar-refractivity contribution in [2.24, 2.45) is 0 Å². The van der Waals surface area contributed by atoms with Crippen LogP contribution >= 0.6 is 11.6 Å². The van der Waals surface area contributed by atoms with Crippen LogP contribution < -0.4 is 4.72 Å². The molecule has 0 aliphatic rings. The lowest BCUT2D eigenvalue weighted by Crippen LogP contribution is -2.23. The Morgan fingerprint density at radius 1 is 1.12 bits per heavy atom. The van der Waals surface area contributed by atoms with Gasteiger partial charge in [0.25, 0.3) is 10.0 Å². The van der Waals surface area contributed by atoms with Crippen molar-refractivity contribution in [3.8, 4) is 0 Å². The maximum Gasteiger partial charge on any atom is 0.332 e. The van der Waals surface area contributed by atoms with E-state index in [0.717, 1.165) is 11.6 Å². The van der Waals surface area contributed by atoms with Gasteiger partial charge in [-0.25, -0.2) is 13.2 Å². The van der Waals surface area contributed by atoms with Gasteiger partial charge >= 0.3 is 5.97 Å². The Labute approximate surface area is 152 Å². The number of benzene rings is 2. The number of rotatable bonds is 6. The van der Waals surface area contributed by atoms with Crippen LogP contribution in [-0.4, -0.2) is 21.0 Å². The second-order valence-corrected chi connectivity index (χ2v) is 7.35. The molecule has 1 N–H and O–H groups in total. The zero-order valence-electron chi connectivity index (χ0n) is 13.8. The molecule has 0 amide bonds. The highest BCUT2D eigenvalue weighted by Gasteiger charge is 2.17. The Bertz CT molecular complexity index is 872. The first-order chi connectivity index (χ1) is 11.8. The van der Waals surface area contributed by atoms with E-state index in [9.17, 15) is 13.2 Å². The van der Waals surface area contributed by atoms with Gasteiger partial charge in [0.1, 0.15) is 0 Å². The highest BCUT2D eigenvalue weighted by atomic mass is 35.5. The Kier molecular flexibility index (Phi) is 6.22. The zero-order valence-corrected chi connectivity index (χ0v) is 15.4. The lowest BCUT2D eigenvalue weighted by atomic mass is 10.1. The second kappa shape index (κ2) is 8.18. The average molecular weight is 380 g/mol. The normalized spacial score (nSPS) is 11.9. The largest absolute Gasteiger partial charge is 0.463 e. The summed E-state index contributed by atoms with van der Waals surface area (Å²) in [6, 6.07) is 12.8. The molecule has 0 saturated heterocycles. The molecule has 2 rings (SSSR count). The lowest BCUT2D eigenvalue weighted by Gasteiger charge is -2.12. The molecule has 0 fully saturated rings.